The molecule has 1 rings (SSSR count). The molecule has 0 radical (unpaired) electrons. The average molecular weight is 234 g/mol. The summed E-state index contributed by atoms with van der Waals surface area (Å²) in [5.41, 5.74) is 1.28. The predicted octanol–water partition coefficient (Wildman–Crippen LogP) is 4.37. The van der Waals surface area contributed by atoms with Crippen LogP contribution in [-0.4, -0.2) is 11.2 Å². The maximum absolute atomic E-state index is 10.4. The van der Waals surface area contributed by atoms with Crippen molar-refractivity contribution >= 4 is 0 Å². The number of unbranched alkanes of at least 4 members (excludes halogenated alkanes) is 1. The summed E-state index contributed by atoms with van der Waals surface area (Å²) in [5.74, 6) is 0.817. The summed E-state index contributed by atoms with van der Waals surface area (Å²) in [5, 5.41) is 10.4. The molecule has 0 saturated heterocycles. The van der Waals surface area contributed by atoms with Gasteiger partial charge in [-0.15, -0.1) is 0 Å². The molecule has 0 spiro atoms. The highest BCUT2D eigenvalue weighted by molar-refractivity contribution is 5.21. The van der Waals surface area contributed by atoms with Gasteiger partial charge in [-0.25, -0.2) is 0 Å². The van der Waals surface area contributed by atoms with Crippen LogP contribution in [0.4, 0.5) is 0 Å². The van der Waals surface area contributed by atoms with E-state index < -0.39 is 0 Å². The Hall–Kier alpha value is -0.820. The summed E-state index contributed by atoms with van der Waals surface area (Å²) >= 11 is 0. The van der Waals surface area contributed by atoms with Crippen LogP contribution in [0.5, 0.6) is 0 Å². The van der Waals surface area contributed by atoms with E-state index in [1.165, 1.54) is 5.56 Å². The van der Waals surface area contributed by atoms with E-state index in [2.05, 4.69) is 45.0 Å². The number of aliphatic hydroxyl groups excluding tert-OH is 1. The Kier molecular flexibility index (Phi) is 6.28. The molecule has 0 bridgehead atoms. The van der Waals surface area contributed by atoms with Crippen molar-refractivity contribution in [2.75, 3.05) is 0 Å². The zero-order valence-corrected chi connectivity index (χ0v) is 11.4. The molecule has 3 unspecified atom stereocenters. The van der Waals surface area contributed by atoms with Crippen LogP contribution in [0.25, 0.3) is 0 Å². The molecule has 0 fully saturated rings. The summed E-state index contributed by atoms with van der Waals surface area (Å²) < 4.78 is 0. The number of rotatable bonds is 7. The molecule has 1 N–H and O–H groups in total. The van der Waals surface area contributed by atoms with Crippen molar-refractivity contribution in [1.82, 2.24) is 0 Å². The van der Waals surface area contributed by atoms with Crippen LogP contribution in [-0.2, 0) is 0 Å². The van der Waals surface area contributed by atoms with Crippen LogP contribution < -0.4 is 0 Å². The highest BCUT2D eigenvalue weighted by atomic mass is 16.3. The normalized spacial score (nSPS) is 16.5. The van der Waals surface area contributed by atoms with Gasteiger partial charge in [-0.1, -0.05) is 70.4 Å². The van der Waals surface area contributed by atoms with Gasteiger partial charge in [-0.3, -0.25) is 0 Å². The average Bonchev–Trinajstić information content (AvgIpc) is 2.37. The molecule has 0 saturated carbocycles. The van der Waals surface area contributed by atoms with Gasteiger partial charge in [-0.05, 0) is 17.9 Å². The smallest absolute Gasteiger partial charge is 0.0611 e. The maximum atomic E-state index is 10.4. The van der Waals surface area contributed by atoms with E-state index in [0.29, 0.717) is 5.92 Å². The van der Waals surface area contributed by atoms with Gasteiger partial charge >= 0.3 is 0 Å². The van der Waals surface area contributed by atoms with Crippen molar-refractivity contribution in [3.63, 3.8) is 0 Å². The Bertz CT molecular complexity index is 294. The molecule has 0 amide bonds. The Morgan fingerprint density at radius 3 is 2.29 bits per heavy atom. The molecule has 0 heterocycles. The van der Waals surface area contributed by atoms with Crippen molar-refractivity contribution in [2.24, 2.45) is 5.92 Å². The van der Waals surface area contributed by atoms with E-state index in [0.717, 1.165) is 25.7 Å². The second kappa shape index (κ2) is 7.50. The molecule has 1 heteroatoms. The van der Waals surface area contributed by atoms with Gasteiger partial charge in [0, 0.05) is 5.92 Å². The van der Waals surface area contributed by atoms with E-state index in [-0.39, 0.29) is 12.0 Å². The Morgan fingerprint density at radius 1 is 1.12 bits per heavy atom. The van der Waals surface area contributed by atoms with Gasteiger partial charge < -0.3 is 5.11 Å². The third-order valence-electron chi connectivity index (χ3n) is 3.71. The molecular weight excluding hydrogens is 208 g/mol. The largest absolute Gasteiger partial charge is 0.392 e. The molecule has 0 aliphatic rings. The van der Waals surface area contributed by atoms with E-state index >= 15 is 0 Å². The number of aliphatic hydroxyl groups is 1. The van der Waals surface area contributed by atoms with E-state index in [1.807, 2.05) is 6.07 Å². The molecule has 0 aliphatic heterocycles. The van der Waals surface area contributed by atoms with Crippen molar-refractivity contribution in [1.29, 1.82) is 0 Å². The lowest BCUT2D eigenvalue weighted by molar-refractivity contribution is 0.106. The predicted molar refractivity (Wildman–Crippen MR) is 74.2 cm³/mol. The van der Waals surface area contributed by atoms with Crippen LogP contribution >= 0.6 is 0 Å². The summed E-state index contributed by atoms with van der Waals surface area (Å²) in [4.78, 5) is 0. The van der Waals surface area contributed by atoms with Crippen LogP contribution in [0.3, 0.4) is 0 Å². The first-order valence-electron chi connectivity index (χ1n) is 6.93. The topological polar surface area (TPSA) is 20.2 Å². The van der Waals surface area contributed by atoms with Gasteiger partial charge in [0.15, 0.2) is 0 Å². The minimum absolute atomic E-state index is 0.202. The van der Waals surface area contributed by atoms with Gasteiger partial charge in [-0.2, -0.15) is 0 Å². The third-order valence-corrected chi connectivity index (χ3v) is 3.71. The molecule has 0 aliphatic carbocycles. The lowest BCUT2D eigenvalue weighted by atomic mass is 9.80. The van der Waals surface area contributed by atoms with Gasteiger partial charge in [0.1, 0.15) is 0 Å². The Labute approximate surface area is 106 Å². The summed E-state index contributed by atoms with van der Waals surface area (Å²) in [6.07, 6.45) is 4.09. The third kappa shape index (κ3) is 4.16. The van der Waals surface area contributed by atoms with Crippen molar-refractivity contribution in [3.8, 4) is 0 Å². The Morgan fingerprint density at radius 2 is 1.76 bits per heavy atom. The highest BCUT2D eigenvalue weighted by Gasteiger charge is 2.25. The highest BCUT2D eigenvalue weighted by Crippen LogP contribution is 2.32. The zero-order chi connectivity index (χ0) is 12.7. The van der Waals surface area contributed by atoms with Crippen LogP contribution in [0.2, 0.25) is 0 Å². The van der Waals surface area contributed by atoms with E-state index in [9.17, 15) is 5.11 Å². The molecule has 96 valence electrons. The first-order valence-corrected chi connectivity index (χ1v) is 6.93. The van der Waals surface area contributed by atoms with Crippen LogP contribution in [0.15, 0.2) is 30.3 Å². The van der Waals surface area contributed by atoms with Crippen LogP contribution in [0.1, 0.15) is 57.9 Å². The SMILES string of the molecule is CCCCC(O)C(c1ccccc1)C(C)CC. The zero-order valence-electron chi connectivity index (χ0n) is 11.4. The van der Waals surface area contributed by atoms with Crippen molar-refractivity contribution in [2.45, 2.75) is 58.5 Å². The van der Waals surface area contributed by atoms with E-state index in [4.69, 9.17) is 0 Å². The lowest BCUT2D eigenvalue weighted by Gasteiger charge is -2.28. The first kappa shape index (κ1) is 14.2. The minimum atomic E-state index is -0.202. The standard InChI is InChI=1S/C16H26O/c1-4-6-12-15(17)16(13(3)5-2)14-10-8-7-9-11-14/h7-11,13,15-17H,4-6,12H2,1-3H3. The molecule has 3 atom stereocenters. The summed E-state index contributed by atoms with van der Waals surface area (Å²) in [7, 11) is 0. The fourth-order valence-corrected chi connectivity index (χ4v) is 2.45. The maximum Gasteiger partial charge on any atom is 0.0611 e. The molecule has 1 aromatic carbocycles. The number of hydrogen-bond donors (Lipinski definition) is 1. The monoisotopic (exact) mass is 234 g/mol. The van der Waals surface area contributed by atoms with Gasteiger partial charge in [0.05, 0.1) is 6.10 Å². The molecule has 1 aromatic rings. The van der Waals surface area contributed by atoms with Gasteiger partial charge in [0.25, 0.3) is 0 Å². The second-order valence-corrected chi connectivity index (χ2v) is 5.03. The second-order valence-electron chi connectivity index (χ2n) is 5.03. The summed E-state index contributed by atoms with van der Waals surface area (Å²) in [6.45, 7) is 6.62. The van der Waals surface area contributed by atoms with Gasteiger partial charge in [0.2, 0.25) is 0 Å². The molecular formula is C16H26O. The first-order chi connectivity index (χ1) is 8.20. The van der Waals surface area contributed by atoms with Crippen LogP contribution in [0, 0.1) is 5.92 Å². The molecule has 1 nitrogen and oxygen atoms in total. The minimum Gasteiger partial charge on any atom is -0.392 e. The van der Waals surface area contributed by atoms with Crippen molar-refractivity contribution in [3.05, 3.63) is 35.9 Å². The number of hydrogen-bond acceptors (Lipinski definition) is 1. The number of benzene rings is 1. The molecule has 0 aromatic heterocycles. The fraction of sp³-hybridized carbons (Fsp3) is 0.625. The fourth-order valence-electron chi connectivity index (χ4n) is 2.45. The molecule has 17 heavy (non-hydrogen) atoms. The van der Waals surface area contributed by atoms with E-state index in [1.54, 1.807) is 0 Å². The quantitative estimate of drug-likeness (QED) is 0.743. The lowest BCUT2D eigenvalue weighted by Crippen LogP contribution is -2.24. The van der Waals surface area contributed by atoms with Crippen molar-refractivity contribution < 1.29 is 5.11 Å². The summed E-state index contributed by atoms with van der Waals surface area (Å²) in [6, 6.07) is 10.5. The Balaban J connectivity index is 2.80.